The Labute approximate surface area is 201 Å². The molecule has 0 aliphatic carbocycles. The zero-order chi connectivity index (χ0) is 26.3. The van der Waals surface area contributed by atoms with Crippen molar-refractivity contribution in [2.45, 2.75) is 59.9 Å². The Morgan fingerprint density at radius 1 is 1.11 bits per heavy atom. The highest BCUT2D eigenvalue weighted by Crippen LogP contribution is 2.26. The highest BCUT2D eigenvalue weighted by Gasteiger charge is 2.37. The quantitative estimate of drug-likeness (QED) is 0.676. The molecule has 3 heterocycles. The molecule has 4 rings (SSSR count). The molecule has 2 aliphatic rings. The van der Waals surface area contributed by atoms with E-state index in [2.05, 4.69) is 5.32 Å². The minimum absolute atomic E-state index is 0.0937. The molecule has 1 aromatic carbocycles. The smallest absolute Gasteiger partial charge is 0.276 e. The lowest BCUT2D eigenvalue weighted by atomic mass is 10.1. The molecular formula is C24H30F3N3O5. The minimum Gasteiger partial charge on any atom is -0.503 e. The maximum atomic E-state index is 13.8. The number of carbonyl (C=O) groups excluding carboxylic acids is 2. The van der Waals surface area contributed by atoms with E-state index in [1.165, 1.54) is 9.47 Å². The average molecular weight is 498 g/mol. The second-order valence-electron chi connectivity index (χ2n) is 7.28. The lowest BCUT2D eigenvalue weighted by Crippen LogP contribution is -2.50. The fourth-order valence-corrected chi connectivity index (χ4v) is 3.71. The molecule has 2 aromatic rings. The van der Waals surface area contributed by atoms with Gasteiger partial charge in [-0.2, -0.15) is 0 Å². The summed E-state index contributed by atoms with van der Waals surface area (Å²) in [6.07, 6.45) is 1.96. The maximum Gasteiger partial charge on any atom is 0.276 e. The van der Waals surface area contributed by atoms with E-state index >= 15 is 0 Å². The molecule has 1 unspecified atom stereocenters. The molecule has 192 valence electrons. The number of aromatic nitrogens is 1. The molecule has 1 fully saturated rings. The van der Waals surface area contributed by atoms with Gasteiger partial charge in [-0.1, -0.05) is 27.7 Å². The molecule has 2 amide bonds. The van der Waals surface area contributed by atoms with Gasteiger partial charge < -0.3 is 24.6 Å². The van der Waals surface area contributed by atoms with Crippen LogP contribution in [-0.4, -0.2) is 45.8 Å². The third-order valence-electron chi connectivity index (χ3n) is 5.30. The predicted molar refractivity (Wildman–Crippen MR) is 123 cm³/mol. The number of aromatic hydroxyl groups is 1. The summed E-state index contributed by atoms with van der Waals surface area (Å²) in [5.41, 5.74) is -2.45. The molecule has 0 saturated carbocycles. The number of nitrogens with zero attached hydrogens (tertiary/aromatic N) is 2. The van der Waals surface area contributed by atoms with Crippen LogP contribution in [-0.2, 0) is 17.8 Å². The maximum absolute atomic E-state index is 13.8. The van der Waals surface area contributed by atoms with Crippen LogP contribution >= 0.6 is 0 Å². The Morgan fingerprint density at radius 2 is 1.74 bits per heavy atom. The summed E-state index contributed by atoms with van der Waals surface area (Å²) in [7, 11) is 0. The van der Waals surface area contributed by atoms with E-state index < -0.39 is 64.3 Å². The van der Waals surface area contributed by atoms with Gasteiger partial charge >= 0.3 is 0 Å². The number of amides is 2. The van der Waals surface area contributed by atoms with Gasteiger partial charge in [0.15, 0.2) is 17.7 Å². The van der Waals surface area contributed by atoms with Gasteiger partial charge in [0.2, 0.25) is 5.43 Å². The summed E-state index contributed by atoms with van der Waals surface area (Å²) in [6, 6.07) is 0.933. The third kappa shape index (κ3) is 5.84. The van der Waals surface area contributed by atoms with Crippen molar-refractivity contribution < 1.29 is 32.6 Å². The Hall–Kier alpha value is -3.34. The van der Waals surface area contributed by atoms with Gasteiger partial charge in [0.1, 0.15) is 23.0 Å². The highest BCUT2D eigenvalue weighted by atomic mass is 19.1. The molecule has 2 aliphatic heterocycles. The molecule has 11 heteroatoms. The van der Waals surface area contributed by atoms with Crippen LogP contribution in [0, 0.1) is 17.5 Å². The number of nitrogens with one attached hydrogen (secondary N) is 1. The fourth-order valence-electron chi connectivity index (χ4n) is 3.71. The van der Waals surface area contributed by atoms with Crippen LogP contribution in [0.4, 0.5) is 13.2 Å². The number of ether oxygens (including phenoxy) is 1. The molecule has 0 radical (unpaired) electrons. The normalized spacial score (nSPS) is 16.5. The summed E-state index contributed by atoms with van der Waals surface area (Å²) >= 11 is 0. The van der Waals surface area contributed by atoms with Gasteiger partial charge in [-0.05, 0) is 12.8 Å². The van der Waals surface area contributed by atoms with E-state index in [0.29, 0.717) is 31.7 Å². The van der Waals surface area contributed by atoms with E-state index in [1.54, 1.807) is 0 Å². The Balaban J connectivity index is 0.00000103. The van der Waals surface area contributed by atoms with Crippen molar-refractivity contribution in [2.75, 3.05) is 13.2 Å². The van der Waals surface area contributed by atoms with Crippen molar-refractivity contribution >= 4 is 11.8 Å². The summed E-state index contributed by atoms with van der Waals surface area (Å²) in [6.45, 7) is 8.29. The van der Waals surface area contributed by atoms with Gasteiger partial charge in [-0.25, -0.2) is 13.2 Å². The predicted octanol–water partition coefficient (Wildman–Crippen LogP) is 3.55. The first-order valence-electron chi connectivity index (χ1n) is 11.6. The molecule has 0 spiro atoms. The van der Waals surface area contributed by atoms with Crippen molar-refractivity contribution in [1.29, 1.82) is 0 Å². The number of rotatable bonds is 3. The third-order valence-corrected chi connectivity index (χ3v) is 5.30. The lowest BCUT2D eigenvalue weighted by molar-refractivity contribution is -0.0488. The van der Waals surface area contributed by atoms with Crippen LogP contribution in [0.1, 0.15) is 66.9 Å². The van der Waals surface area contributed by atoms with Crippen LogP contribution < -0.4 is 10.7 Å². The summed E-state index contributed by atoms with van der Waals surface area (Å²) in [4.78, 5) is 39.2. The van der Waals surface area contributed by atoms with Crippen LogP contribution in [0.15, 0.2) is 23.1 Å². The van der Waals surface area contributed by atoms with Crippen molar-refractivity contribution in [3.63, 3.8) is 0 Å². The largest absolute Gasteiger partial charge is 0.503 e. The molecule has 0 bridgehead atoms. The molecule has 35 heavy (non-hydrogen) atoms. The Kier molecular flexibility index (Phi) is 9.88. The van der Waals surface area contributed by atoms with Crippen LogP contribution in [0.3, 0.4) is 0 Å². The Morgan fingerprint density at radius 3 is 2.37 bits per heavy atom. The van der Waals surface area contributed by atoms with Crippen LogP contribution in [0.5, 0.6) is 5.75 Å². The van der Waals surface area contributed by atoms with Gasteiger partial charge in [0.05, 0.1) is 6.54 Å². The van der Waals surface area contributed by atoms with Crippen molar-refractivity contribution in [3.8, 4) is 5.75 Å². The van der Waals surface area contributed by atoms with Gasteiger partial charge in [-0.3, -0.25) is 14.4 Å². The fraction of sp³-hybridized carbons (Fsp3) is 0.458. The number of fused-ring (bicyclic) bond motifs is 2. The van der Waals surface area contributed by atoms with E-state index in [0.717, 1.165) is 12.6 Å². The standard InChI is InChI=1S/C20H18F3N3O5.2C2H6/c21-10-5-13(22)11(14(23)6-10)7-24-19(29)12-8-25-9-15-26(3-1-2-4-31-15)20(30)16(25)18(28)17(12)27;2*1-2/h5-6,8,15,28H,1-4,7,9H2,(H,24,29);2*1-2H3. The van der Waals surface area contributed by atoms with E-state index in [-0.39, 0.29) is 12.2 Å². The molecule has 8 nitrogen and oxygen atoms in total. The van der Waals surface area contributed by atoms with Crippen molar-refractivity contribution in [3.05, 3.63) is 62.8 Å². The first kappa shape index (κ1) is 27.9. The molecular weight excluding hydrogens is 467 g/mol. The van der Waals surface area contributed by atoms with E-state index in [4.69, 9.17) is 4.74 Å². The first-order chi connectivity index (χ1) is 16.8. The molecule has 2 N–H and O–H groups in total. The monoisotopic (exact) mass is 497 g/mol. The van der Waals surface area contributed by atoms with Crippen LogP contribution in [0.25, 0.3) is 0 Å². The summed E-state index contributed by atoms with van der Waals surface area (Å²) < 4.78 is 47.5. The molecule has 1 aromatic heterocycles. The number of hydrogen-bond acceptors (Lipinski definition) is 5. The van der Waals surface area contributed by atoms with Crippen LogP contribution in [0.2, 0.25) is 0 Å². The second kappa shape index (κ2) is 12.4. The second-order valence-corrected chi connectivity index (χ2v) is 7.28. The number of benzene rings is 1. The lowest BCUT2D eigenvalue weighted by Gasteiger charge is -2.36. The Bertz CT molecular complexity index is 1110. The van der Waals surface area contributed by atoms with E-state index in [9.17, 15) is 32.7 Å². The number of pyridine rings is 1. The van der Waals surface area contributed by atoms with Crippen molar-refractivity contribution in [2.24, 2.45) is 0 Å². The molecule has 1 atom stereocenters. The average Bonchev–Trinajstić information content (AvgIpc) is 3.09. The van der Waals surface area contributed by atoms with Gasteiger partial charge in [-0.15, -0.1) is 0 Å². The number of carbonyl (C=O) groups is 2. The zero-order valence-corrected chi connectivity index (χ0v) is 20.2. The van der Waals surface area contributed by atoms with Gasteiger partial charge in [0.25, 0.3) is 11.8 Å². The SMILES string of the molecule is CC.CC.O=C(NCc1c(F)cc(F)cc1F)c1cn2c(c(O)c1=O)C(=O)N1CCCCOC1C2. The van der Waals surface area contributed by atoms with Gasteiger partial charge in [0, 0.05) is 43.6 Å². The zero-order valence-electron chi connectivity index (χ0n) is 20.2. The highest BCUT2D eigenvalue weighted by molar-refractivity contribution is 5.99. The molecule has 1 saturated heterocycles. The number of halogens is 3. The minimum atomic E-state index is -1.20. The number of hydrogen-bond donors (Lipinski definition) is 2. The summed E-state index contributed by atoms with van der Waals surface area (Å²) in [5, 5.41) is 12.5. The van der Waals surface area contributed by atoms with E-state index in [1.807, 2.05) is 27.7 Å². The first-order valence-corrected chi connectivity index (χ1v) is 11.6. The topological polar surface area (TPSA) is 101 Å². The summed E-state index contributed by atoms with van der Waals surface area (Å²) in [5.74, 6) is -5.99. The van der Waals surface area contributed by atoms with Crippen molar-refractivity contribution in [1.82, 2.24) is 14.8 Å².